The van der Waals surface area contributed by atoms with E-state index in [1.54, 1.807) is 11.8 Å². The van der Waals surface area contributed by atoms with Crippen LogP contribution in [0.15, 0.2) is 47.4 Å². The van der Waals surface area contributed by atoms with Crippen LogP contribution in [0.25, 0.3) is 0 Å². The third-order valence-corrected chi connectivity index (χ3v) is 6.43. The monoisotopic (exact) mass is 386 g/mol. The van der Waals surface area contributed by atoms with Crippen LogP contribution in [0.1, 0.15) is 16.7 Å². The van der Waals surface area contributed by atoms with Gasteiger partial charge in [0.1, 0.15) is 0 Å². The Morgan fingerprint density at radius 2 is 1.85 bits per heavy atom. The van der Waals surface area contributed by atoms with E-state index in [0.717, 1.165) is 35.8 Å². The molecule has 1 aliphatic heterocycles. The number of hydrogen-bond acceptors (Lipinski definition) is 4. The number of nitrogens with zero attached hydrogens (tertiary/aromatic N) is 1. The van der Waals surface area contributed by atoms with E-state index in [1.165, 1.54) is 22.6 Å². The maximum absolute atomic E-state index is 12.4. The van der Waals surface area contributed by atoms with Gasteiger partial charge in [0.05, 0.1) is 5.75 Å². The van der Waals surface area contributed by atoms with E-state index in [2.05, 4.69) is 59.6 Å². The molecule has 1 aliphatic rings. The maximum Gasteiger partial charge on any atom is 0.234 e. The van der Waals surface area contributed by atoms with Crippen molar-refractivity contribution in [2.45, 2.75) is 25.3 Å². The van der Waals surface area contributed by atoms with Gasteiger partial charge in [0.2, 0.25) is 5.91 Å². The van der Waals surface area contributed by atoms with E-state index in [4.69, 9.17) is 0 Å². The van der Waals surface area contributed by atoms with Crippen LogP contribution in [0.2, 0.25) is 0 Å². The molecule has 0 atom stereocenters. The minimum atomic E-state index is 0.0465. The molecule has 0 aliphatic carbocycles. The molecule has 5 heteroatoms. The second kappa shape index (κ2) is 9.49. The SMILES string of the molecule is Cc1ccc(SCC(=O)Nc2cc(CN3CCSCC3)ccc2C)cc1. The zero-order chi connectivity index (χ0) is 18.4. The fourth-order valence-corrected chi connectivity index (χ4v) is 4.57. The molecule has 1 N–H and O–H groups in total. The van der Waals surface area contributed by atoms with Gasteiger partial charge in [-0.15, -0.1) is 11.8 Å². The Bertz CT molecular complexity index is 740. The quantitative estimate of drug-likeness (QED) is 0.737. The predicted molar refractivity (Wildman–Crippen MR) is 114 cm³/mol. The molecule has 2 aromatic rings. The summed E-state index contributed by atoms with van der Waals surface area (Å²) in [6, 6.07) is 14.7. The van der Waals surface area contributed by atoms with Crippen LogP contribution in [-0.2, 0) is 11.3 Å². The summed E-state index contributed by atoms with van der Waals surface area (Å²) in [5.74, 6) is 2.90. The second-order valence-corrected chi connectivity index (χ2v) is 8.96. The molecular weight excluding hydrogens is 360 g/mol. The highest BCUT2D eigenvalue weighted by Gasteiger charge is 2.12. The zero-order valence-corrected chi connectivity index (χ0v) is 17.1. The fraction of sp³-hybridized carbons (Fsp3) is 0.381. The zero-order valence-electron chi connectivity index (χ0n) is 15.5. The van der Waals surface area contributed by atoms with Gasteiger partial charge in [0, 0.05) is 41.7 Å². The van der Waals surface area contributed by atoms with Crippen molar-refractivity contribution in [2.75, 3.05) is 35.7 Å². The Balaban J connectivity index is 1.56. The molecule has 138 valence electrons. The Morgan fingerprint density at radius 1 is 1.12 bits per heavy atom. The van der Waals surface area contributed by atoms with Crippen molar-refractivity contribution >= 4 is 35.1 Å². The molecule has 0 bridgehead atoms. The Hall–Kier alpha value is -1.43. The summed E-state index contributed by atoms with van der Waals surface area (Å²) >= 11 is 3.60. The molecule has 1 amide bonds. The highest BCUT2D eigenvalue weighted by molar-refractivity contribution is 8.00. The lowest BCUT2D eigenvalue weighted by Crippen LogP contribution is -2.32. The predicted octanol–water partition coefficient (Wildman–Crippen LogP) is 4.58. The van der Waals surface area contributed by atoms with Gasteiger partial charge in [-0.2, -0.15) is 11.8 Å². The average molecular weight is 387 g/mol. The number of amides is 1. The van der Waals surface area contributed by atoms with E-state index in [0.29, 0.717) is 5.75 Å². The van der Waals surface area contributed by atoms with Crippen molar-refractivity contribution in [3.05, 3.63) is 59.2 Å². The normalized spacial score (nSPS) is 15.0. The molecule has 26 heavy (non-hydrogen) atoms. The summed E-state index contributed by atoms with van der Waals surface area (Å²) < 4.78 is 0. The lowest BCUT2D eigenvalue weighted by atomic mass is 10.1. The van der Waals surface area contributed by atoms with Crippen LogP contribution in [0, 0.1) is 13.8 Å². The molecule has 2 aromatic carbocycles. The number of carbonyl (C=O) groups is 1. The van der Waals surface area contributed by atoms with Crippen molar-refractivity contribution in [1.29, 1.82) is 0 Å². The topological polar surface area (TPSA) is 32.3 Å². The second-order valence-electron chi connectivity index (χ2n) is 6.69. The molecular formula is C21H26N2OS2. The Labute approximate surface area is 164 Å². The number of thioether (sulfide) groups is 2. The molecule has 0 radical (unpaired) electrons. The average Bonchev–Trinajstić information content (AvgIpc) is 2.65. The van der Waals surface area contributed by atoms with E-state index in [-0.39, 0.29) is 5.91 Å². The first-order valence-electron chi connectivity index (χ1n) is 8.99. The van der Waals surface area contributed by atoms with Crippen molar-refractivity contribution < 1.29 is 4.79 Å². The molecule has 1 heterocycles. The number of aryl methyl sites for hydroxylation is 2. The first kappa shape index (κ1) is 19.3. The summed E-state index contributed by atoms with van der Waals surface area (Å²) in [5.41, 5.74) is 4.54. The largest absolute Gasteiger partial charge is 0.325 e. The van der Waals surface area contributed by atoms with Gasteiger partial charge in [-0.25, -0.2) is 0 Å². The first-order chi connectivity index (χ1) is 12.6. The smallest absolute Gasteiger partial charge is 0.234 e. The molecule has 1 saturated heterocycles. The first-order valence-corrected chi connectivity index (χ1v) is 11.1. The van der Waals surface area contributed by atoms with Gasteiger partial charge < -0.3 is 5.32 Å². The summed E-state index contributed by atoms with van der Waals surface area (Å²) in [5, 5.41) is 3.09. The fourth-order valence-electron chi connectivity index (χ4n) is 2.89. The third kappa shape index (κ3) is 5.79. The maximum atomic E-state index is 12.4. The van der Waals surface area contributed by atoms with Crippen molar-refractivity contribution in [1.82, 2.24) is 4.90 Å². The van der Waals surface area contributed by atoms with Crippen LogP contribution in [0.3, 0.4) is 0 Å². The van der Waals surface area contributed by atoms with Gasteiger partial charge in [-0.3, -0.25) is 9.69 Å². The lowest BCUT2D eigenvalue weighted by Gasteiger charge is -2.26. The van der Waals surface area contributed by atoms with Crippen molar-refractivity contribution in [3.63, 3.8) is 0 Å². The van der Waals surface area contributed by atoms with Crippen molar-refractivity contribution in [3.8, 4) is 0 Å². The Kier molecular flexibility index (Phi) is 7.06. The minimum absolute atomic E-state index is 0.0465. The molecule has 0 saturated carbocycles. The van der Waals surface area contributed by atoms with Crippen molar-refractivity contribution in [2.24, 2.45) is 0 Å². The highest BCUT2D eigenvalue weighted by Crippen LogP contribution is 2.22. The van der Waals surface area contributed by atoms with Gasteiger partial charge in [0.25, 0.3) is 0 Å². The number of benzene rings is 2. The molecule has 0 unspecified atom stereocenters. The van der Waals surface area contributed by atoms with Gasteiger partial charge >= 0.3 is 0 Å². The standard InChI is InChI=1S/C21H26N2OS2/c1-16-3-7-19(8-4-16)26-15-21(24)22-20-13-18(6-5-17(20)2)14-23-9-11-25-12-10-23/h3-8,13H,9-12,14-15H2,1-2H3,(H,22,24). The minimum Gasteiger partial charge on any atom is -0.325 e. The number of rotatable bonds is 6. The number of hydrogen-bond donors (Lipinski definition) is 1. The lowest BCUT2D eigenvalue weighted by molar-refractivity contribution is -0.113. The van der Waals surface area contributed by atoms with E-state index >= 15 is 0 Å². The third-order valence-electron chi connectivity index (χ3n) is 4.48. The van der Waals surface area contributed by atoms with Crippen LogP contribution in [-0.4, -0.2) is 41.2 Å². The highest BCUT2D eigenvalue weighted by atomic mass is 32.2. The summed E-state index contributed by atoms with van der Waals surface area (Å²) in [6.07, 6.45) is 0. The molecule has 0 aromatic heterocycles. The summed E-state index contributed by atoms with van der Waals surface area (Å²) in [4.78, 5) is 16.0. The van der Waals surface area contributed by atoms with Gasteiger partial charge in [0.15, 0.2) is 0 Å². The Morgan fingerprint density at radius 3 is 2.58 bits per heavy atom. The molecule has 3 rings (SSSR count). The van der Waals surface area contributed by atoms with E-state index in [9.17, 15) is 4.79 Å². The number of anilines is 1. The van der Waals surface area contributed by atoms with Crippen LogP contribution < -0.4 is 5.32 Å². The molecule has 3 nitrogen and oxygen atoms in total. The molecule has 0 spiro atoms. The molecule has 1 fully saturated rings. The van der Waals surface area contributed by atoms with Gasteiger partial charge in [-0.05, 0) is 43.2 Å². The van der Waals surface area contributed by atoms with E-state index < -0.39 is 0 Å². The number of carbonyl (C=O) groups excluding carboxylic acids is 1. The van der Waals surface area contributed by atoms with Crippen LogP contribution in [0.5, 0.6) is 0 Å². The van der Waals surface area contributed by atoms with E-state index in [1.807, 2.05) is 18.7 Å². The summed E-state index contributed by atoms with van der Waals surface area (Å²) in [6.45, 7) is 7.37. The van der Waals surface area contributed by atoms with Crippen LogP contribution >= 0.6 is 23.5 Å². The summed E-state index contributed by atoms with van der Waals surface area (Å²) in [7, 11) is 0. The van der Waals surface area contributed by atoms with Crippen LogP contribution in [0.4, 0.5) is 5.69 Å². The van der Waals surface area contributed by atoms with Gasteiger partial charge in [-0.1, -0.05) is 29.8 Å². The number of nitrogens with one attached hydrogen (secondary N) is 1.